The average Bonchev–Trinajstić information content (AvgIpc) is 2.50. The molecule has 0 saturated heterocycles. The standard InChI is InChI=1S/C17H14F3N3O/c1-10-2-7-13-14(22-10)8-9-15(16(13)21)23-11-3-5-12(6-4-11)24-17(18,19)20/h2-9,23H,21H2,1H3. The van der Waals surface area contributed by atoms with Crippen molar-refractivity contribution in [3.8, 4) is 5.75 Å². The van der Waals surface area contributed by atoms with Gasteiger partial charge in [0.1, 0.15) is 5.75 Å². The van der Waals surface area contributed by atoms with Gasteiger partial charge < -0.3 is 15.8 Å². The van der Waals surface area contributed by atoms with Crippen LogP contribution < -0.4 is 15.8 Å². The SMILES string of the molecule is Cc1ccc2c(N)c(Nc3ccc(OC(F)(F)F)cc3)ccc2n1. The first kappa shape index (κ1) is 15.9. The summed E-state index contributed by atoms with van der Waals surface area (Å²) < 4.78 is 40.3. The molecular weight excluding hydrogens is 319 g/mol. The van der Waals surface area contributed by atoms with Crippen molar-refractivity contribution in [2.75, 3.05) is 11.1 Å². The van der Waals surface area contributed by atoms with Gasteiger partial charge in [0.05, 0.1) is 16.9 Å². The zero-order valence-electron chi connectivity index (χ0n) is 12.7. The van der Waals surface area contributed by atoms with Gasteiger partial charge in [-0.05, 0) is 55.5 Å². The van der Waals surface area contributed by atoms with Gasteiger partial charge in [0, 0.05) is 16.8 Å². The molecule has 3 rings (SSSR count). The number of fused-ring (bicyclic) bond motifs is 1. The molecule has 0 aliphatic rings. The van der Waals surface area contributed by atoms with Crippen LogP contribution in [0.4, 0.5) is 30.2 Å². The molecule has 0 radical (unpaired) electrons. The lowest BCUT2D eigenvalue weighted by atomic mass is 10.1. The summed E-state index contributed by atoms with van der Waals surface area (Å²) in [6.07, 6.45) is -4.71. The maximum Gasteiger partial charge on any atom is 0.573 e. The predicted molar refractivity (Wildman–Crippen MR) is 87.3 cm³/mol. The highest BCUT2D eigenvalue weighted by atomic mass is 19.4. The van der Waals surface area contributed by atoms with Gasteiger partial charge in [0.15, 0.2) is 0 Å². The second-order valence-corrected chi connectivity index (χ2v) is 5.24. The Morgan fingerprint density at radius 1 is 1.00 bits per heavy atom. The summed E-state index contributed by atoms with van der Waals surface area (Å²) in [5.41, 5.74) is 9.60. The number of nitrogen functional groups attached to an aromatic ring is 1. The van der Waals surface area contributed by atoms with Crippen LogP contribution in [0.5, 0.6) is 5.75 Å². The molecule has 4 nitrogen and oxygen atoms in total. The highest BCUT2D eigenvalue weighted by Gasteiger charge is 2.30. The summed E-state index contributed by atoms with van der Waals surface area (Å²) >= 11 is 0. The largest absolute Gasteiger partial charge is 0.573 e. The van der Waals surface area contributed by atoms with Crippen molar-refractivity contribution in [3.05, 3.63) is 54.2 Å². The number of nitrogens with one attached hydrogen (secondary N) is 1. The second-order valence-electron chi connectivity index (χ2n) is 5.24. The third kappa shape index (κ3) is 3.51. The summed E-state index contributed by atoms with van der Waals surface area (Å²) in [6.45, 7) is 1.90. The zero-order chi connectivity index (χ0) is 17.3. The van der Waals surface area contributed by atoms with Crippen LogP contribution in [0, 0.1) is 6.92 Å². The van der Waals surface area contributed by atoms with Gasteiger partial charge in [-0.25, -0.2) is 0 Å². The average molecular weight is 333 g/mol. The first-order valence-electron chi connectivity index (χ1n) is 7.10. The second kappa shape index (κ2) is 5.92. The fourth-order valence-electron chi connectivity index (χ4n) is 2.33. The zero-order valence-corrected chi connectivity index (χ0v) is 12.7. The molecule has 0 amide bonds. The minimum Gasteiger partial charge on any atom is -0.406 e. The normalized spacial score (nSPS) is 11.5. The van der Waals surface area contributed by atoms with E-state index in [4.69, 9.17) is 5.73 Å². The van der Waals surface area contributed by atoms with Crippen molar-refractivity contribution in [2.45, 2.75) is 13.3 Å². The fourth-order valence-corrected chi connectivity index (χ4v) is 2.33. The van der Waals surface area contributed by atoms with E-state index in [9.17, 15) is 13.2 Å². The quantitative estimate of drug-likeness (QED) is 0.678. The van der Waals surface area contributed by atoms with Gasteiger partial charge in [-0.2, -0.15) is 0 Å². The number of aryl methyl sites for hydroxylation is 1. The van der Waals surface area contributed by atoms with E-state index in [2.05, 4.69) is 15.0 Å². The number of benzene rings is 2. The number of ether oxygens (including phenoxy) is 1. The van der Waals surface area contributed by atoms with Crippen molar-refractivity contribution < 1.29 is 17.9 Å². The molecule has 2 aromatic carbocycles. The van der Waals surface area contributed by atoms with Crippen LogP contribution in [0.15, 0.2) is 48.5 Å². The molecular formula is C17H14F3N3O. The molecule has 7 heteroatoms. The lowest BCUT2D eigenvalue weighted by Crippen LogP contribution is -2.16. The molecule has 0 saturated carbocycles. The summed E-state index contributed by atoms with van der Waals surface area (Å²) in [5, 5.41) is 3.89. The summed E-state index contributed by atoms with van der Waals surface area (Å²) in [7, 11) is 0. The van der Waals surface area contributed by atoms with E-state index in [1.807, 2.05) is 25.1 Å². The third-order valence-corrected chi connectivity index (χ3v) is 3.42. The molecule has 0 atom stereocenters. The van der Waals surface area contributed by atoms with Gasteiger partial charge in [-0.15, -0.1) is 13.2 Å². The van der Waals surface area contributed by atoms with Crippen molar-refractivity contribution >= 4 is 28.0 Å². The minimum atomic E-state index is -4.71. The van der Waals surface area contributed by atoms with Crippen molar-refractivity contribution in [3.63, 3.8) is 0 Å². The van der Waals surface area contributed by atoms with Crippen LogP contribution >= 0.6 is 0 Å². The number of pyridine rings is 1. The van der Waals surface area contributed by atoms with E-state index in [0.717, 1.165) is 16.6 Å². The molecule has 1 heterocycles. The highest BCUT2D eigenvalue weighted by molar-refractivity contribution is 5.97. The van der Waals surface area contributed by atoms with Crippen LogP contribution in [0.2, 0.25) is 0 Å². The van der Waals surface area contributed by atoms with E-state index in [1.165, 1.54) is 24.3 Å². The molecule has 3 aromatic rings. The Bertz CT molecular complexity index is 877. The number of nitrogens with two attached hydrogens (primary N) is 1. The van der Waals surface area contributed by atoms with Crippen molar-refractivity contribution in [1.82, 2.24) is 4.98 Å². The number of hydrogen-bond donors (Lipinski definition) is 2. The maximum absolute atomic E-state index is 12.2. The molecule has 0 aliphatic carbocycles. The summed E-state index contributed by atoms with van der Waals surface area (Å²) in [6, 6.07) is 12.8. The minimum absolute atomic E-state index is 0.279. The molecule has 0 aliphatic heterocycles. The molecule has 0 bridgehead atoms. The number of alkyl halides is 3. The Kier molecular flexibility index (Phi) is 3.92. The van der Waals surface area contributed by atoms with Gasteiger partial charge in [-0.1, -0.05) is 0 Å². The van der Waals surface area contributed by atoms with Crippen LogP contribution in [-0.4, -0.2) is 11.3 Å². The predicted octanol–water partition coefficient (Wildman–Crippen LogP) is 4.77. The van der Waals surface area contributed by atoms with E-state index in [-0.39, 0.29) is 5.75 Å². The Morgan fingerprint density at radius 3 is 2.38 bits per heavy atom. The molecule has 124 valence electrons. The van der Waals surface area contributed by atoms with Gasteiger partial charge in [-0.3, -0.25) is 4.98 Å². The number of aromatic nitrogens is 1. The number of anilines is 3. The smallest absolute Gasteiger partial charge is 0.406 e. The van der Waals surface area contributed by atoms with Crippen molar-refractivity contribution in [1.29, 1.82) is 0 Å². The Balaban J connectivity index is 1.84. The van der Waals surface area contributed by atoms with Crippen LogP contribution in [0.3, 0.4) is 0 Å². The number of hydrogen-bond acceptors (Lipinski definition) is 4. The topological polar surface area (TPSA) is 60.2 Å². The molecule has 24 heavy (non-hydrogen) atoms. The first-order valence-corrected chi connectivity index (χ1v) is 7.10. The molecule has 1 aromatic heterocycles. The first-order chi connectivity index (χ1) is 11.3. The van der Waals surface area contributed by atoms with E-state index < -0.39 is 6.36 Å². The Morgan fingerprint density at radius 2 is 1.71 bits per heavy atom. The van der Waals surface area contributed by atoms with E-state index in [0.29, 0.717) is 17.1 Å². The molecule has 0 spiro atoms. The summed E-state index contributed by atoms with van der Waals surface area (Å²) in [5.74, 6) is -0.279. The number of rotatable bonds is 3. The highest BCUT2D eigenvalue weighted by Crippen LogP contribution is 2.31. The van der Waals surface area contributed by atoms with Gasteiger partial charge >= 0.3 is 6.36 Å². The molecule has 0 unspecified atom stereocenters. The monoisotopic (exact) mass is 333 g/mol. The molecule has 3 N–H and O–H groups in total. The fraction of sp³-hybridized carbons (Fsp3) is 0.118. The molecule has 0 fully saturated rings. The third-order valence-electron chi connectivity index (χ3n) is 3.42. The maximum atomic E-state index is 12.2. The van der Waals surface area contributed by atoms with Crippen molar-refractivity contribution in [2.24, 2.45) is 0 Å². The van der Waals surface area contributed by atoms with E-state index >= 15 is 0 Å². The van der Waals surface area contributed by atoms with Gasteiger partial charge in [0.25, 0.3) is 0 Å². The lowest BCUT2D eigenvalue weighted by molar-refractivity contribution is -0.274. The number of halogens is 3. The Hall–Kier alpha value is -2.96. The van der Waals surface area contributed by atoms with Crippen LogP contribution in [-0.2, 0) is 0 Å². The summed E-state index contributed by atoms with van der Waals surface area (Å²) in [4.78, 5) is 4.40. The van der Waals surface area contributed by atoms with Crippen LogP contribution in [0.1, 0.15) is 5.69 Å². The Labute approximate surface area is 136 Å². The van der Waals surface area contributed by atoms with Gasteiger partial charge in [0.2, 0.25) is 0 Å². The lowest BCUT2D eigenvalue weighted by Gasteiger charge is -2.13. The number of nitrogens with zero attached hydrogens (tertiary/aromatic N) is 1. The van der Waals surface area contributed by atoms with E-state index in [1.54, 1.807) is 6.07 Å². The van der Waals surface area contributed by atoms with Crippen LogP contribution in [0.25, 0.3) is 10.9 Å².